The zero-order valence-corrected chi connectivity index (χ0v) is 13.8. The summed E-state index contributed by atoms with van der Waals surface area (Å²) < 4.78 is 10.9. The van der Waals surface area contributed by atoms with Gasteiger partial charge in [-0.15, -0.1) is 0 Å². The van der Waals surface area contributed by atoms with E-state index in [0.29, 0.717) is 11.3 Å². The van der Waals surface area contributed by atoms with Crippen LogP contribution in [0.2, 0.25) is 0 Å². The molecule has 2 rings (SSSR count). The highest BCUT2D eigenvalue weighted by Crippen LogP contribution is 2.24. The van der Waals surface area contributed by atoms with Gasteiger partial charge in [0.1, 0.15) is 23.5 Å². The van der Waals surface area contributed by atoms with Crippen molar-refractivity contribution in [2.45, 2.75) is 33.0 Å². The summed E-state index contributed by atoms with van der Waals surface area (Å²) >= 11 is 0. The minimum atomic E-state index is -0.735. The van der Waals surface area contributed by atoms with Crippen LogP contribution >= 0.6 is 0 Å². The maximum atomic E-state index is 12.2. The number of carbonyl (C=O) groups excluding carboxylic acids is 1. The molecule has 0 N–H and O–H groups in total. The van der Waals surface area contributed by atoms with Crippen molar-refractivity contribution in [3.05, 3.63) is 69.8 Å². The average molecular weight is 329 g/mol. The van der Waals surface area contributed by atoms with Crippen molar-refractivity contribution >= 4 is 11.7 Å². The first kappa shape index (κ1) is 17.5. The lowest BCUT2D eigenvalue weighted by molar-refractivity contribution is -0.385. The van der Waals surface area contributed by atoms with E-state index in [4.69, 9.17) is 9.47 Å². The van der Waals surface area contributed by atoms with Gasteiger partial charge >= 0.3 is 5.97 Å². The van der Waals surface area contributed by atoms with Crippen molar-refractivity contribution in [1.82, 2.24) is 0 Å². The maximum Gasteiger partial charge on any atom is 0.345 e. The number of hydrogen-bond acceptors (Lipinski definition) is 5. The largest absolute Gasteiger partial charge is 0.489 e. The molecule has 0 saturated heterocycles. The van der Waals surface area contributed by atoms with Gasteiger partial charge in [-0.05, 0) is 50.6 Å². The van der Waals surface area contributed by atoms with Crippen LogP contribution in [-0.2, 0) is 11.3 Å². The highest BCUT2D eigenvalue weighted by atomic mass is 16.6. The molecular weight excluding hydrogens is 310 g/mol. The summed E-state index contributed by atoms with van der Waals surface area (Å²) in [5.41, 5.74) is -0.455. The van der Waals surface area contributed by atoms with Gasteiger partial charge < -0.3 is 9.47 Å². The number of benzene rings is 2. The first-order valence-electron chi connectivity index (χ1n) is 7.45. The Bertz CT molecular complexity index is 735. The van der Waals surface area contributed by atoms with E-state index in [-0.39, 0.29) is 17.9 Å². The van der Waals surface area contributed by atoms with Crippen molar-refractivity contribution in [2.75, 3.05) is 0 Å². The first-order chi connectivity index (χ1) is 11.3. The van der Waals surface area contributed by atoms with Crippen LogP contribution in [0.4, 0.5) is 5.69 Å². The SMILES string of the molecule is CC(C)(C)OC(=O)c1cc(COc2ccccc2)ccc1[N+](=O)[O-]. The van der Waals surface area contributed by atoms with Gasteiger partial charge in [0.2, 0.25) is 0 Å². The van der Waals surface area contributed by atoms with Crippen LogP contribution in [0.25, 0.3) is 0 Å². The van der Waals surface area contributed by atoms with Crippen LogP contribution in [0.1, 0.15) is 36.7 Å². The lowest BCUT2D eigenvalue weighted by Gasteiger charge is -2.19. The number of esters is 1. The highest BCUT2D eigenvalue weighted by molar-refractivity contribution is 5.94. The second-order valence-corrected chi connectivity index (χ2v) is 6.21. The summed E-state index contributed by atoms with van der Waals surface area (Å²) in [4.78, 5) is 22.8. The van der Waals surface area contributed by atoms with Gasteiger partial charge in [-0.1, -0.05) is 18.2 Å². The zero-order valence-electron chi connectivity index (χ0n) is 13.8. The van der Waals surface area contributed by atoms with Crippen LogP contribution < -0.4 is 4.74 Å². The quantitative estimate of drug-likeness (QED) is 0.468. The van der Waals surface area contributed by atoms with Crippen LogP contribution in [0.5, 0.6) is 5.75 Å². The summed E-state index contributed by atoms with van der Waals surface area (Å²) in [5.74, 6) is -0.0505. The third-order valence-electron chi connectivity index (χ3n) is 3.03. The normalized spacial score (nSPS) is 11.0. The molecule has 0 fully saturated rings. The number of carbonyl (C=O) groups is 1. The van der Waals surface area contributed by atoms with E-state index in [9.17, 15) is 14.9 Å². The van der Waals surface area contributed by atoms with Crippen molar-refractivity contribution in [2.24, 2.45) is 0 Å². The number of hydrogen-bond donors (Lipinski definition) is 0. The van der Waals surface area contributed by atoms with Crippen molar-refractivity contribution in [3.8, 4) is 5.75 Å². The molecule has 0 heterocycles. The van der Waals surface area contributed by atoms with Gasteiger partial charge in [0, 0.05) is 6.07 Å². The summed E-state index contributed by atoms with van der Waals surface area (Å²) in [6.45, 7) is 5.31. The molecule has 0 aliphatic heterocycles. The standard InChI is InChI=1S/C18H19NO5/c1-18(2,3)24-17(20)15-11-13(9-10-16(15)19(21)22)12-23-14-7-5-4-6-8-14/h4-11H,12H2,1-3H3. The fourth-order valence-electron chi connectivity index (χ4n) is 2.01. The summed E-state index contributed by atoms with van der Waals surface area (Å²) in [6.07, 6.45) is 0. The fourth-order valence-corrected chi connectivity index (χ4v) is 2.01. The predicted molar refractivity (Wildman–Crippen MR) is 89.0 cm³/mol. The Morgan fingerprint density at radius 3 is 2.38 bits per heavy atom. The lowest BCUT2D eigenvalue weighted by atomic mass is 10.1. The van der Waals surface area contributed by atoms with Gasteiger partial charge in [-0.2, -0.15) is 0 Å². The molecule has 2 aromatic carbocycles. The van der Waals surface area contributed by atoms with Crippen molar-refractivity contribution in [1.29, 1.82) is 0 Å². The van der Waals surface area contributed by atoms with E-state index in [1.54, 1.807) is 39.0 Å². The molecule has 0 spiro atoms. The second kappa shape index (κ2) is 7.12. The zero-order chi connectivity index (χ0) is 17.7. The Balaban J connectivity index is 2.24. The molecule has 0 unspecified atom stereocenters. The van der Waals surface area contributed by atoms with E-state index in [1.165, 1.54) is 12.1 Å². The van der Waals surface area contributed by atoms with Crippen molar-refractivity contribution in [3.63, 3.8) is 0 Å². The molecule has 0 aliphatic rings. The molecule has 0 aliphatic carbocycles. The molecule has 0 aromatic heterocycles. The fraction of sp³-hybridized carbons (Fsp3) is 0.278. The van der Waals surface area contributed by atoms with Crippen LogP contribution in [0.3, 0.4) is 0 Å². The molecule has 24 heavy (non-hydrogen) atoms. The Kier molecular flexibility index (Phi) is 5.18. The van der Waals surface area contributed by atoms with Gasteiger partial charge in [-0.25, -0.2) is 4.79 Å². The number of ether oxygens (including phenoxy) is 2. The van der Waals surface area contributed by atoms with E-state index in [0.717, 1.165) is 0 Å². The molecule has 126 valence electrons. The Labute approximate surface area is 140 Å². The van der Waals surface area contributed by atoms with Gasteiger partial charge in [0.25, 0.3) is 5.69 Å². The molecule has 0 bridgehead atoms. The van der Waals surface area contributed by atoms with Crippen LogP contribution in [0.15, 0.2) is 48.5 Å². The summed E-state index contributed by atoms with van der Waals surface area (Å²) in [5, 5.41) is 11.1. The second-order valence-electron chi connectivity index (χ2n) is 6.21. The molecule has 0 radical (unpaired) electrons. The minimum absolute atomic E-state index is 0.0795. The van der Waals surface area contributed by atoms with Gasteiger partial charge in [-0.3, -0.25) is 10.1 Å². The Hall–Kier alpha value is -2.89. The smallest absolute Gasteiger partial charge is 0.345 e. The monoisotopic (exact) mass is 329 g/mol. The van der Waals surface area contributed by atoms with E-state index >= 15 is 0 Å². The van der Waals surface area contributed by atoms with E-state index < -0.39 is 16.5 Å². The van der Waals surface area contributed by atoms with Crippen molar-refractivity contribution < 1.29 is 19.2 Å². The predicted octanol–water partition coefficient (Wildman–Crippen LogP) is 4.13. The van der Waals surface area contributed by atoms with Crippen LogP contribution in [0, 0.1) is 10.1 Å². The molecule has 6 heteroatoms. The number of nitrogens with zero attached hydrogens (tertiary/aromatic N) is 1. The van der Waals surface area contributed by atoms with Gasteiger partial charge in [0.15, 0.2) is 0 Å². The summed E-state index contributed by atoms with van der Waals surface area (Å²) in [6, 6.07) is 13.5. The summed E-state index contributed by atoms with van der Waals surface area (Å²) in [7, 11) is 0. The number of nitro benzene ring substituents is 1. The van der Waals surface area contributed by atoms with E-state index in [1.807, 2.05) is 18.2 Å². The minimum Gasteiger partial charge on any atom is -0.489 e. The van der Waals surface area contributed by atoms with Crippen LogP contribution in [-0.4, -0.2) is 16.5 Å². The maximum absolute atomic E-state index is 12.2. The third-order valence-corrected chi connectivity index (χ3v) is 3.03. The lowest BCUT2D eigenvalue weighted by Crippen LogP contribution is -2.24. The molecular formula is C18H19NO5. The van der Waals surface area contributed by atoms with Gasteiger partial charge in [0.05, 0.1) is 4.92 Å². The number of para-hydroxylation sites is 1. The number of nitro groups is 1. The van der Waals surface area contributed by atoms with E-state index in [2.05, 4.69) is 0 Å². The highest BCUT2D eigenvalue weighted by Gasteiger charge is 2.25. The molecule has 0 amide bonds. The molecule has 0 saturated carbocycles. The topological polar surface area (TPSA) is 78.7 Å². The molecule has 0 atom stereocenters. The Morgan fingerprint density at radius 1 is 1.12 bits per heavy atom. The number of rotatable bonds is 5. The average Bonchev–Trinajstić information content (AvgIpc) is 2.52. The first-order valence-corrected chi connectivity index (χ1v) is 7.45. The Morgan fingerprint density at radius 2 is 1.79 bits per heavy atom. The molecule has 6 nitrogen and oxygen atoms in total. The molecule has 2 aromatic rings. The third kappa shape index (κ3) is 4.81.